The van der Waals surface area contributed by atoms with E-state index in [0.717, 1.165) is 4.68 Å². The van der Waals surface area contributed by atoms with Crippen molar-refractivity contribution in [3.8, 4) is 0 Å². The molecule has 18 heavy (non-hydrogen) atoms. The highest BCUT2D eigenvalue weighted by Gasteiger charge is 2.44. The number of carboxylic acid groups (broad SMARTS) is 1. The van der Waals surface area contributed by atoms with Crippen LogP contribution >= 0.6 is 0 Å². The van der Waals surface area contributed by atoms with Crippen LogP contribution in [0.2, 0.25) is 0 Å². The number of hydrogen-bond donors (Lipinski definition) is 4. The summed E-state index contributed by atoms with van der Waals surface area (Å²) in [5, 5.41) is 40.7. The van der Waals surface area contributed by atoms with E-state index in [1.807, 2.05) is 0 Å². The van der Waals surface area contributed by atoms with Gasteiger partial charge >= 0.3 is 5.97 Å². The van der Waals surface area contributed by atoms with Gasteiger partial charge in [-0.25, -0.2) is 14.5 Å². The molecular formula is C9H13N3O6. The third-order valence-corrected chi connectivity index (χ3v) is 2.75. The fourth-order valence-electron chi connectivity index (χ4n) is 1.81. The molecule has 9 heteroatoms. The smallest absolute Gasteiger partial charge is 0.375 e. The number of rotatable bonds is 3. The van der Waals surface area contributed by atoms with Gasteiger partial charge in [-0.1, -0.05) is 0 Å². The SMILES string of the molecule is Cc1nc(C(=O)O)nn1[C@@H]1O[C@H](CO)[C@@H](O)[C@H]1O. The number of aromatic nitrogens is 3. The number of nitrogens with zero attached hydrogens (tertiary/aromatic N) is 3. The number of aryl methyl sites for hydroxylation is 1. The summed E-state index contributed by atoms with van der Waals surface area (Å²) >= 11 is 0. The summed E-state index contributed by atoms with van der Waals surface area (Å²) in [5.74, 6) is -1.50. The van der Waals surface area contributed by atoms with Crippen molar-refractivity contribution in [1.29, 1.82) is 0 Å². The molecule has 0 amide bonds. The normalized spacial score (nSPS) is 31.8. The summed E-state index contributed by atoms with van der Waals surface area (Å²) < 4.78 is 6.29. The van der Waals surface area contributed by atoms with Crippen molar-refractivity contribution in [2.45, 2.75) is 31.5 Å². The zero-order valence-electron chi connectivity index (χ0n) is 9.46. The van der Waals surface area contributed by atoms with Gasteiger partial charge in [0.1, 0.15) is 24.1 Å². The lowest BCUT2D eigenvalue weighted by atomic mass is 10.1. The molecule has 0 aromatic carbocycles. The topological polar surface area (TPSA) is 138 Å². The second kappa shape index (κ2) is 4.61. The van der Waals surface area contributed by atoms with E-state index in [2.05, 4.69) is 10.1 Å². The Labute approximate surface area is 101 Å². The monoisotopic (exact) mass is 259 g/mol. The minimum Gasteiger partial charge on any atom is -0.475 e. The number of aromatic carboxylic acids is 1. The van der Waals surface area contributed by atoms with Gasteiger partial charge in [-0.05, 0) is 6.92 Å². The molecule has 1 aromatic heterocycles. The van der Waals surface area contributed by atoms with Gasteiger partial charge in [0.2, 0.25) is 0 Å². The van der Waals surface area contributed by atoms with Crippen LogP contribution in [0.15, 0.2) is 0 Å². The molecule has 0 radical (unpaired) electrons. The lowest BCUT2D eigenvalue weighted by Gasteiger charge is -2.15. The quantitative estimate of drug-likeness (QED) is 0.484. The zero-order valence-corrected chi connectivity index (χ0v) is 9.46. The first-order chi connectivity index (χ1) is 8.45. The van der Waals surface area contributed by atoms with Crippen LogP contribution in [-0.4, -0.2) is 66.1 Å². The van der Waals surface area contributed by atoms with E-state index < -0.39 is 42.9 Å². The Morgan fingerprint density at radius 1 is 1.44 bits per heavy atom. The van der Waals surface area contributed by atoms with E-state index >= 15 is 0 Å². The number of hydrogen-bond acceptors (Lipinski definition) is 7. The van der Waals surface area contributed by atoms with Crippen molar-refractivity contribution in [1.82, 2.24) is 14.8 Å². The van der Waals surface area contributed by atoms with Crippen LogP contribution in [0.5, 0.6) is 0 Å². The van der Waals surface area contributed by atoms with Crippen LogP contribution in [0.1, 0.15) is 22.7 Å². The average Bonchev–Trinajstić information content (AvgIpc) is 2.83. The molecule has 0 aliphatic carbocycles. The van der Waals surface area contributed by atoms with Gasteiger partial charge in [0.05, 0.1) is 6.61 Å². The van der Waals surface area contributed by atoms with Crippen molar-refractivity contribution in [3.63, 3.8) is 0 Å². The number of aliphatic hydroxyl groups excluding tert-OH is 3. The highest BCUT2D eigenvalue weighted by atomic mass is 16.6. The van der Waals surface area contributed by atoms with Crippen molar-refractivity contribution in [3.05, 3.63) is 11.6 Å². The highest BCUT2D eigenvalue weighted by molar-refractivity contribution is 5.82. The van der Waals surface area contributed by atoms with Gasteiger partial charge in [-0.2, -0.15) is 0 Å². The summed E-state index contributed by atoms with van der Waals surface area (Å²) in [6, 6.07) is 0. The van der Waals surface area contributed by atoms with Gasteiger partial charge in [0.15, 0.2) is 6.23 Å². The molecule has 2 rings (SSSR count). The third kappa shape index (κ3) is 1.97. The van der Waals surface area contributed by atoms with E-state index in [-0.39, 0.29) is 5.82 Å². The predicted octanol–water partition coefficient (Wildman–Crippen LogP) is -2.10. The minimum absolute atomic E-state index is 0.224. The van der Waals surface area contributed by atoms with E-state index in [1.54, 1.807) is 0 Å². The number of carbonyl (C=O) groups is 1. The first-order valence-electron chi connectivity index (χ1n) is 5.24. The molecule has 4 atom stereocenters. The largest absolute Gasteiger partial charge is 0.475 e. The number of ether oxygens (including phenoxy) is 1. The molecule has 1 aliphatic rings. The summed E-state index contributed by atoms with van der Waals surface area (Å²) in [4.78, 5) is 14.4. The fraction of sp³-hybridized carbons (Fsp3) is 0.667. The number of aliphatic hydroxyl groups is 3. The molecule has 1 fully saturated rings. The summed E-state index contributed by atoms with van der Waals surface area (Å²) in [6.07, 6.45) is -4.60. The van der Waals surface area contributed by atoms with E-state index in [4.69, 9.17) is 14.9 Å². The van der Waals surface area contributed by atoms with E-state index in [0.29, 0.717) is 0 Å². The Morgan fingerprint density at radius 2 is 2.11 bits per heavy atom. The molecule has 0 bridgehead atoms. The predicted molar refractivity (Wildman–Crippen MR) is 54.7 cm³/mol. The van der Waals surface area contributed by atoms with Crippen molar-refractivity contribution >= 4 is 5.97 Å². The Kier molecular flexibility index (Phi) is 3.30. The molecule has 1 aliphatic heterocycles. The Balaban J connectivity index is 2.29. The van der Waals surface area contributed by atoms with Gasteiger partial charge in [0, 0.05) is 0 Å². The van der Waals surface area contributed by atoms with Crippen LogP contribution < -0.4 is 0 Å². The summed E-state index contributed by atoms with van der Waals surface area (Å²) in [5.41, 5.74) is 0. The first-order valence-corrected chi connectivity index (χ1v) is 5.24. The highest BCUT2D eigenvalue weighted by Crippen LogP contribution is 2.29. The second-order valence-corrected chi connectivity index (χ2v) is 3.96. The maximum atomic E-state index is 10.7. The van der Waals surface area contributed by atoms with Crippen molar-refractivity contribution in [2.24, 2.45) is 0 Å². The molecule has 2 heterocycles. The van der Waals surface area contributed by atoms with Gasteiger partial charge in [-0.3, -0.25) is 0 Å². The maximum absolute atomic E-state index is 10.7. The van der Waals surface area contributed by atoms with Crippen molar-refractivity contribution in [2.75, 3.05) is 6.61 Å². The first kappa shape index (κ1) is 12.9. The Morgan fingerprint density at radius 3 is 2.56 bits per heavy atom. The van der Waals surface area contributed by atoms with E-state index in [9.17, 15) is 15.0 Å². The molecule has 0 unspecified atom stereocenters. The molecule has 4 N–H and O–H groups in total. The lowest BCUT2D eigenvalue weighted by molar-refractivity contribution is -0.0598. The maximum Gasteiger partial charge on any atom is 0.375 e. The minimum atomic E-state index is -1.32. The molecule has 9 nitrogen and oxygen atoms in total. The Bertz CT molecular complexity index is 461. The Hall–Kier alpha value is -1.55. The fourth-order valence-corrected chi connectivity index (χ4v) is 1.81. The summed E-state index contributed by atoms with van der Waals surface area (Å²) in [7, 11) is 0. The lowest BCUT2D eigenvalue weighted by Crippen LogP contribution is -2.33. The summed E-state index contributed by atoms with van der Waals surface area (Å²) in [6.45, 7) is 1.03. The molecule has 0 saturated carbocycles. The van der Waals surface area contributed by atoms with E-state index in [1.165, 1.54) is 6.92 Å². The average molecular weight is 259 g/mol. The third-order valence-electron chi connectivity index (χ3n) is 2.75. The molecule has 1 aromatic rings. The van der Waals surface area contributed by atoms with Gasteiger partial charge in [0.25, 0.3) is 5.82 Å². The van der Waals surface area contributed by atoms with Gasteiger partial charge < -0.3 is 25.2 Å². The molecular weight excluding hydrogens is 246 g/mol. The molecule has 1 saturated heterocycles. The molecule has 100 valence electrons. The van der Waals surface area contributed by atoms with Crippen LogP contribution in [-0.2, 0) is 4.74 Å². The molecule has 0 spiro atoms. The van der Waals surface area contributed by atoms with Gasteiger partial charge in [-0.15, -0.1) is 5.10 Å². The number of carboxylic acids is 1. The second-order valence-electron chi connectivity index (χ2n) is 3.96. The van der Waals surface area contributed by atoms with Crippen LogP contribution in [0.3, 0.4) is 0 Å². The van der Waals surface area contributed by atoms with Crippen LogP contribution in [0.4, 0.5) is 0 Å². The van der Waals surface area contributed by atoms with Crippen LogP contribution in [0.25, 0.3) is 0 Å². The standard InChI is InChI=1S/C9H13N3O6/c1-3-10-7(9(16)17)11-12(3)8-6(15)5(14)4(2-13)18-8/h4-6,8,13-15H,2H2,1H3,(H,16,17)/t4-,5-,6-,8-/m1/s1. The van der Waals surface area contributed by atoms with Crippen LogP contribution in [0, 0.1) is 6.92 Å². The zero-order chi connectivity index (χ0) is 13.4. The van der Waals surface area contributed by atoms with Crippen molar-refractivity contribution < 1.29 is 30.0 Å².